The lowest BCUT2D eigenvalue weighted by Gasteiger charge is -2.24. The van der Waals surface area contributed by atoms with Gasteiger partial charge in [0, 0.05) is 23.1 Å². The van der Waals surface area contributed by atoms with Crippen molar-refractivity contribution in [3.63, 3.8) is 0 Å². The molecule has 3 aromatic carbocycles. The van der Waals surface area contributed by atoms with Gasteiger partial charge in [0.05, 0.1) is 35.4 Å². The van der Waals surface area contributed by atoms with Crippen LogP contribution in [0.2, 0.25) is 10.0 Å². The molecule has 8 heterocycles. The van der Waals surface area contributed by atoms with E-state index in [9.17, 15) is 4.79 Å². The number of nitrogens with one attached hydrogen (secondary N) is 2. The molecule has 17 nitrogen and oxygen atoms in total. The van der Waals surface area contributed by atoms with Crippen molar-refractivity contribution < 1.29 is 33.2 Å². The molecule has 364 valence electrons. The molecule has 0 bridgehead atoms. The quantitative estimate of drug-likeness (QED) is 0.104. The van der Waals surface area contributed by atoms with E-state index in [1.54, 1.807) is 21.8 Å². The first-order valence-electron chi connectivity index (χ1n) is 23.5. The maximum Gasteiger partial charge on any atom is 0.196 e. The summed E-state index contributed by atoms with van der Waals surface area (Å²) in [5, 5.41) is 18.7. The fourth-order valence-corrected chi connectivity index (χ4v) is 9.80. The van der Waals surface area contributed by atoms with E-state index in [-0.39, 0.29) is 42.4 Å². The van der Waals surface area contributed by atoms with Crippen molar-refractivity contribution in [2.24, 2.45) is 0 Å². The highest BCUT2D eigenvalue weighted by molar-refractivity contribution is 6.31. The van der Waals surface area contributed by atoms with Crippen molar-refractivity contribution >= 4 is 75.3 Å². The Labute approximate surface area is 414 Å². The van der Waals surface area contributed by atoms with Gasteiger partial charge in [-0.1, -0.05) is 110 Å². The Hall–Kier alpha value is -5.89. The number of halogens is 2. The first kappa shape index (κ1) is 47.8. The van der Waals surface area contributed by atoms with Gasteiger partial charge in [0.25, 0.3) is 0 Å². The monoisotopic (exact) mass is 988 g/mol. The van der Waals surface area contributed by atoms with Crippen molar-refractivity contribution in [3.8, 4) is 0 Å². The summed E-state index contributed by atoms with van der Waals surface area (Å²) in [4.78, 5) is 30.0. The summed E-state index contributed by atoms with van der Waals surface area (Å²) in [6.45, 7) is 12.7. The molecular weight excluding hydrogens is 936 g/mol. The third kappa shape index (κ3) is 9.64. The molecule has 4 aromatic heterocycles. The van der Waals surface area contributed by atoms with E-state index in [1.807, 2.05) is 126 Å². The molecular formula is C51H54Cl2N10O7. The third-order valence-electron chi connectivity index (χ3n) is 12.6. The van der Waals surface area contributed by atoms with Crippen LogP contribution in [0.4, 0.5) is 11.6 Å². The number of aromatic nitrogens is 8. The Morgan fingerprint density at radius 1 is 0.586 bits per heavy atom. The number of carbonyl (C=O) groups is 1. The summed E-state index contributed by atoms with van der Waals surface area (Å²) in [6, 6.07) is 25.3. The summed E-state index contributed by atoms with van der Waals surface area (Å²) in [6.07, 6.45) is 7.29. The van der Waals surface area contributed by atoms with Crippen LogP contribution in [-0.2, 0) is 41.5 Å². The molecule has 0 saturated carbocycles. The fourth-order valence-electron chi connectivity index (χ4n) is 9.40. The third-order valence-corrected chi connectivity index (χ3v) is 13.4. The van der Waals surface area contributed by atoms with Crippen molar-refractivity contribution in [3.05, 3.63) is 130 Å². The van der Waals surface area contributed by atoms with Crippen molar-refractivity contribution in [2.45, 2.75) is 128 Å². The predicted octanol–water partition coefficient (Wildman–Crippen LogP) is 9.82. The molecule has 4 aliphatic rings. The number of ether oxygens (including phenoxy) is 6. The molecule has 19 heteroatoms. The topological polar surface area (TPSA) is 184 Å². The van der Waals surface area contributed by atoms with Gasteiger partial charge < -0.3 is 39.1 Å². The van der Waals surface area contributed by atoms with Gasteiger partial charge in [-0.15, -0.1) is 0 Å². The van der Waals surface area contributed by atoms with Crippen LogP contribution in [0.3, 0.4) is 0 Å². The summed E-state index contributed by atoms with van der Waals surface area (Å²) in [7, 11) is 0. The van der Waals surface area contributed by atoms with Crippen LogP contribution in [0.1, 0.15) is 100.0 Å². The zero-order valence-electron chi connectivity index (χ0n) is 39.5. The fraction of sp³-hybridized carbons (Fsp3) is 0.392. The molecule has 4 fully saturated rings. The number of benzene rings is 3. The Morgan fingerprint density at radius 3 is 1.50 bits per heavy atom. The minimum Gasteiger partial charge on any atom is -0.365 e. The predicted molar refractivity (Wildman–Crippen MR) is 265 cm³/mol. The lowest BCUT2D eigenvalue weighted by molar-refractivity contribution is -0.198. The number of hydrogen-bond acceptors (Lipinski definition) is 15. The van der Waals surface area contributed by atoms with Gasteiger partial charge in [0.1, 0.15) is 36.1 Å². The lowest BCUT2D eigenvalue weighted by atomic mass is 10.1. The van der Waals surface area contributed by atoms with E-state index in [4.69, 9.17) is 66.7 Å². The lowest BCUT2D eigenvalue weighted by Crippen LogP contribution is -2.28. The van der Waals surface area contributed by atoms with E-state index in [0.29, 0.717) is 63.6 Å². The van der Waals surface area contributed by atoms with E-state index >= 15 is 0 Å². The highest BCUT2D eigenvalue weighted by atomic mass is 35.5. The van der Waals surface area contributed by atoms with Crippen LogP contribution in [0.15, 0.2) is 91.3 Å². The van der Waals surface area contributed by atoms with Crippen molar-refractivity contribution in [1.29, 1.82) is 0 Å². The molecule has 4 aliphatic heterocycles. The molecule has 2 N–H and O–H groups in total. The molecule has 0 unspecified atom stereocenters. The Kier molecular flexibility index (Phi) is 13.5. The molecule has 11 rings (SSSR count). The zero-order valence-corrected chi connectivity index (χ0v) is 41.0. The SMILES string of the molecule is CC[C@H]1O[C@@H](n2ncc3c(NCc4ccccc4Cl)nc(/C=C/c4ccccc4)nc32)[C@@H]2OC(C)(C)O[C@@H]21.CC[C@H]1O[C@@H](n2ncc3c(NCc4ccccc4Cl)nc(C=O)nc32)[C@@H]2OC(C)(C)O[C@@H]21. The van der Waals surface area contributed by atoms with Gasteiger partial charge in [-0.3, -0.25) is 4.79 Å². The number of rotatable bonds is 13. The van der Waals surface area contributed by atoms with E-state index in [1.165, 1.54) is 0 Å². The molecule has 0 amide bonds. The van der Waals surface area contributed by atoms with Crippen LogP contribution in [0, 0.1) is 0 Å². The first-order valence-corrected chi connectivity index (χ1v) is 24.2. The molecule has 8 atom stereocenters. The zero-order chi connectivity index (χ0) is 48.7. The van der Waals surface area contributed by atoms with Crippen LogP contribution in [0.25, 0.3) is 34.2 Å². The maximum absolute atomic E-state index is 11.6. The number of nitrogens with zero attached hydrogens (tertiary/aromatic N) is 8. The van der Waals surface area contributed by atoms with Gasteiger partial charge >= 0.3 is 0 Å². The second kappa shape index (κ2) is 19.7. The smallest absolute Gasteiger partial charge is 0.196 e. The van der Waals surface area contributed by atoms with Crippen LogP contribution >= 0.6 is 23.2 Å². The Balaban J connectivity index is 0.000000165. The molecule has 0 spiro atoms. The van der Waals surface area contributed by atoms with Gasteiger partial charge in [0.2, 0.25) is 0 Å². The number of hydrogen-bond donors (Lipinski definition) is 2. The number of carbonyl (C=O) groups excluding carboxylic acids is 1. The van der Waals surface area contributed by atoms with Gasteiger partial charge in [-0.25, -0.2) is 29.3 Å². The van der Waals surface area contributed by atoms with E-state index in [2.05, 4.69) is 32.6 Å². The van der Waals surface area contributed by atoms with Gasteiger partial charge in [-0.05, 0) is 75.4 Å². The normalized spacial score (nSPS) is 25.3. The van der Waals surface area contributed by atoms with Gasteiger partial charge in [0.15, 0.2) is 53.3 Å². The number of fused-ring (bicyclic) bond motifs is 4. The van der Waals surface area contributed by atoms with E-state index in [0.717, 1.165) is 34.9 Å². The molecule has 4 saturated heterocycles. The maximum atomic E-state index is 11.6. The second-order valence-corrected chi connectivity index (χ2v) is 19.2. The Morgan fingerprint density at radius 2 is 1.03 bits per heavy atom. The van der Waals surface area contributed by atoms with E-state index < -0.39 is 24.0 Å². The standard InChI is InChI=1S/C29H30ClN5O3.C22H24ClN5O4/c1-4-22-24-25(38-29(2,3)37-24)28(36-22)35-27-20(17-32-35)26(31-16-19-12-8-9-13-21(19)30)33-23(34-27)15-14-18-10-6-5-7-11-18;1-4-15-17-18(32-22(2,3)31-17)21(30-15)28-20-13(10-25-28)19(26-16(11-29)27-20)24-9-12-7-5-6-8-14(12)23/h5-15,17,22,24-25,28H,4,16H2,1-3H3,(H,31,33,34);5-8,10-11,15,17-18,21H,4,9H2,1-3H3,(H,24,26,27)/b15-14+;/t22-,24-,25-,28-;15-,17-,18-,21-/m11/s1. The number of anilines is 2. The summed E-state index contributed by atoms with van der Waals surface area (Å²) in [5.74, 6) is 0.363. The van der Waals surface area contributed by atoms with Crippen LogP contribution < -0.4 is 10.6 Å². The van der Waals surface area contributed by atoms with Gasteiger partial charge in [-0.2, -0.15) is 10.2 Å². The number of aldehydes is 1. The summed E-state index contributed by atoms with van der Waals surface area (Å²) >= 11 is 12.7. The highest BCUT2D eigenvalue weighted by Crippen LogP contribution is 2.46. The largest absolute Gasteiger partial charge is 0.365 e. The van der Waals surface area contributed by atoms with Crippen molar-refractivity contribution in [1.82, 2.24) is 39.5 Å². The average molecular weight is 990 g/mol. The highest BCUT2D eigenvalue weighted by Gasteiger charge is 2.57. The molecule has 0 aliphatic carbocycles. The first-order chi connectivity index (χ1) is 33.8. The minimum absolute atomic E-state index is 0.0476. The van der Waals surface area contributed by atoms with Crippen LogP contribution in [0.5, 0.6) is 0 Å². The Bertz CT molecular complexity index is 3040. The average Bonchev–Trinajstić information content (AvgIpc) is 4.21. The molecule has 70 heavy (non-hydrogen) atoms. The van der Waals surface area contributed by atoms with Crippen molar-refractivity contribution in [2.75, 3.05) is 10.6 Å². The minimum atomic E-state index is -0.710. The second-order valence-electron chi connectivity index (χ2n) is 18.3. The summed E-state index contributed by atoms with van der Waals surface area (Å²) in [5.41, 5.74) is 4.08. The van der Waals surface area contributed by atoms with Crippen LogP contribution in [-0.4, -0.2) is 94.0 Å². The molecule has 0 radical (unpaired) electrons. The summed E-state index contributed by atoms with van der Waals surface area (Å²) < 4.78 is 40.8. The molecule has 7 aromatic rings.